The average molecular weight is 183 g/mol. The van der Waals surface area contributed by atoms with E-state index in [9.17, 15) is 14.8 Å². The van der Waals surface area contributed by atoms with E-state index in [0.29, 0.717) is 0 Å². The van der Waals surface area contributed by atoms with E-state index in [1.807, 2.05) is 0 Å². The molecule has 0 aliphatic heterocycles. The minimum atomic E-state index is -3.44. The van der Waals surface area contributed by atoms with E-state index in [4.69, 9.17) is 5.11 Å². The molecule has 0 amide bonds. The zero-order valence-corrected chi connectivity index (χ0v) is 6.62. The van der Waals surface area contributed by atoms with Crippen molar-refractivity contribution in [2.45, 2.75) is 0 Å². The maximum atomic E-state index is 10.1. The Balaban J connectivity index is 2.87. The Morgan fingerprint density at radius 2 is 1.77 bits per heavy atom. The van der Waals surface area contributed by atoms with Crippen LogP contribution < -0.4 is 5.46 Å². The standard InChI is InChI=1S/C7H8BO5/c9-7(10)13-8(11,12)6-4-2-1-3-5-6/h1-5,11-12H,(H,9,10)/q-1. The molecule has 0 aromatic heterocycles. The van der Waals surface area contributed by atoms with Gasteiger partial charge in [0, 0.05) is 0 Å². The highest BCUT2D eigenvalue weighted by molar-refractivity contribution is 6.74. The van der Waals surface area contributed by atoms with Crippen LogP contribution in [0, 0.1) is 0 Å². The minimum Gasteiger partial charge on any atom is -0.607 e. The van der Waals surface area contributed by atoms with Crippen LogP contribution in [0.1, 0.15) is 0 Å². The summed E-state index contributed by atoms with van der Waals surface area (Å²) in [6.07, 6.45) is -1.73. The molecule has 0 spiro atoms. The van der Waals surface area contributed by atoms with Crippen LogP contribution in [0.15, 0.2) is 30.3 Å². The number of carboxylic acid groups (broad SMARTS) is 1. The lowest BCUT2D eigenvalue weighted by atomic mass is 9.70. The van der Waals surface area contributed by atoms with Crippen molar-refractivity contribution >= 4 is 18.4 Å². The third-order valence-corrected chi connectivity index (χ3v) is 1.50. The second-order valence-electron chi connectivity index (χ2n) is 2.50. The van der Waals surface area contributed by atoms with Crippen LogP contribution in [0.2, 0.25) is 0 Å². The molecule has 70 valence electrons. The lowest BCUT2D eigenvalue weighted by Crippen LogP contribution is -2.52. The number of hydrogen-bond acceptors (Lipinski definition) is 4. The van der Waals surface area contributed by atoms with Crippen LogP contribution in [-0.4, -0.2) is 28.1 Å². The topological polar surface area (TPSA) is 87.0 Å². The zero-order chi connectivity index (χ0) is 9.90. The van der Waals surface area contributed by atoms with Gasteiger partial charge in [0.1, 0.15) is 0 Å². The van der Waals surface area contributed by atoms with Crippen molar-refractivity contribution in [1.82, 2.24) is 0 Å². The van der Waals surface area contributed by atoms with Crippen molar-refractivity contribution < 1.29 is 24.6 Å². The summed E-state index contributed by atoms with van der Waals surface area (Å²) in [5, 5.41) is 26.5. The van der Waals surface area contributed by atoms with E-state index < -0.39 is 12.9 Å². The van der Waals surface area contributed by atoms with Crippen molar-refractivity contribution in [1.29, 1.82) is 0 Å². The molecule has 1 aromatic rings. The summed E-state index contributed by atoms with van der Waals surface area (Å²) < 4.78 is 3.91. The Morgan fingerprint density at radius 1 is 1.23 bits per heavy atom. The molecule has 6 heteroatoms. The van der Waals surface area contributed by atoms with Crippen LogP contribution in [0.4, 0.5) is 4.79 Å². The predicted molar refractivity (Wildman–Crippen MR) is 45.4 cm³/mol. The molecule has 0 unspecified atom stereocenters. The molecule has 0 fully saturated rings. The molecule has 0 bridgehead atoms. The van der Waals surface area contributed by atoms with Crippen molar-refractivity contribution in [3.8, 4) is 0 Å². The normalized spacial score (nSPS) is 10.9. The quantitative estimate of drug-likeness (QED) is 0.538. The van der Waals surface area contributed by atoms with Crippen molar-refractivity contribution in [2.24, 2.45) is 0 Å². The van der Waals surface area contributed by atoms with E-state index in [2.05, 4.69) is 4.65 Å². The van der Waals surface area contributed by atoms with Gasteiger partial charge in [-0.1, -0.05) is 30.3 Å². The molecule has 0 saturated carbocycles. The van der Waals surface area contributed by atoms with Gasteiger partial charge in [0.2, 0.25) is 0 Å². The summed E-state index contributed by atoms with van der Waals surface area (Å²) in [7, 11) is 0. The van der Waals surface area contributed by atoms with Gasteiger partial charge in [-0.2, -0.15) is 0 Å². The smallest absolute Gasteiger partial charge is 0.465 e. The monoisotopic (exact) mass is 183 g/mol. The number of rotatable bonds is 2. The molecule has 5 nitrogen and oxygen atoms in total. The Labute approximate surface area is 74.2 Å². The average Bonchev–Trinajstić information content (AvgIpc) is 2.04. The number of carbonyl (C=O) groups is 1. The van der Waals surface area contributed by atoms with Crippen molar-refractivity contribution in [3.05, 3.63) is 30.3 Å². The molecule has 0 aliphatic rings. The molecule has 1 aromatic carbocycles. The largest absolute Gasteiger partial charge is 0.607 e. The predicted octanol–water partition coefficient (Wildman–Crippen LogP) is -0.488. The number of benzene rings is 1. The molecule has 0 radical (unpaired) electrons. The summed E-state index contributed by atoms with van der Waals surface area (Å²) in [6, 6.07) is 7.48. The Hall–Kier alpha value is -1.53. The van der Waals surface area contributed by atoms with Gasteiger partial charge in [-0.3, -0.25) is 0 Å². The van der Waals surface area contributed by atoms with Crippen LogP contribution in [0.25, 0.3) is 0 Å². The highest BCUT2D eigenvalue weighted by Crippen LogP contribution is 1.97. The highest BCUT2D eigenvalue weighted by atomic mass is 16.7. The van der Waals surface area contributed by atoms with Crippen molar-refractivity contribution in [2.75, 3.05) is 0 Å². The first-order chi connectivity index (χ1) is 6.02. The molecule has 3 N–H and O–H groups in total. The van der Waals surface area contributed by atoms with Gasteiger partial charge in [-0.05, 0) is 0 Å². The second kappa shape index (κ2) is 3.46. The second-order valence-corrected chi connectivity index (χ2v) is 2.50. The number of hydrogen-bond donors (Lipinski definition) is 3. The molecule has 13 heavy (non-hydrogen) atoms. The zero-order valence-electron chi connectivity index (χ0n) is 6.62. The summed E-state index contributed by atoms with van der Waals surface area (Å²) in [5.41, 5.74) is 0.0184. The van der Waals surface area contributed by atoms with Gasteiger partial charge in [-0.25, -0.2) is 4.79 Å². The van der Waals surface area contributed by atoms with Crippen LogP contribution in [0.5, 0.6) is 0 Å². The fourth-order valence-corrected chi connectivity index (χ4v) is 0.912. The molecular weight excluding hydrogens is 175 g/mol. The van der Waals surface area contributed by atoms with Crippen molar-refractivity contribution in [3.63, 3.8) is 0 Å². The van der Waals surface area contributed by atoms with Gasteiger partial charge in [-0.15, -0.1) is 5.46 Å². The maximum Gasteiger partial charge on any atom is 0.465 e. The van der Waals surface area contributed by atoms with E-state index in [1.54, 1.807) is 18.2 Å². The summed E-state index contributed by atoms with van der Waals surface area (Å²) in [4.78, 5) is 10.1. The van der Waals surface area contributed by atoms with E-state index in [1.165, 1.54) is 12.1 Å². The first kappa shape index (κ1) is 9.56. The van der Waals surface area contributed by atoms with Gasteiger partial charge >= 0.3 is 12.9 Å². The van der Waals surface area contributed by atoms with E-state index in [0.717, 1.165) is 0 Å². The maximum absolute atomic E-state index is 10.1. The third-order valence-electron chi connectivity index (χ3n) is 1.50. The lowest BCUT2D eigenvalue weighted by Gasteiger charge is -2.27. The first-order valence-corrected chi connectivity index (χ1v) is 3.58. The van der Waals surface area contributed by atoms with Crippen LogP contribution >= 0.6 is 0 Å². The van der Waals surface area contributed by atoms with Crippen LogP contribution in [-0.2, 0) is 4.65 Å². The molecule has 0 heterocycles. The Kier molecular flexibility index (Phi) is 2.55. The van der Waals surface area contributed by atoms with Gasteiger partial charge < -0.3 is 19.8 Å². The third kappa shape index (κ3) is 2.46. The van der Waals surface area contributed by atoms with Gasteiger partial charge in [0.15, 0.2) is 0 Å². The highest BCUT2D eigenvalue weighted by Gasteiger charge is 2.26. The minimum absolute atomic E-state index is 0.0184. The molecule has 0 saturated heterocycles. The lowest BCUT2D eigenvalue weighted by molar-refractivity contribution is 0.112. The first-order valence-electron chi connectivity index (χ1n) is 3.58. The summed E-state index contributed by atoms with van der Waals surface area (Å²) in [5.74, 6) is 0. The fraction of sp³-hybridized carbons (Fsp3) is 0. The van der Waals surface area contributed by atoms with Gasteiger partial charge in [0.05, 0.1) is 0 Å². The SMILES string of the molecule is O=C(O)O[B-](O)(O)c1ccccc1. The van der Waals surface area contributed by atoms with E-state index >= 15 is 0 Å². The van der Waals surface area contributed by atoms with E-state index in [-0.39, 0.29) is 5.46 Å². The Morgan fingerprint density at radius 3 is 2.23 bits per heavy atom. The molecule has 1 rings (SSSR count). The fourth-order valence-electron chi connectivity index (χ4n) is 0.912. The summed E-state index contributed by atoms with van der Waals surface area (Å²) >= 11 is 0. The van der Waals surface area contributed by atoms with Gasteiger partial charge in [0.25, 0.3) is 0 Å². The molecule has 0 aliphatic carbocycles. The van der Waals surface area contributed by atoms with Crippen LogP contribution in [0.3, 0.4) is 0 Å². The molecular formula is C7H8BO5-. The summed E-state index contributed by atoms with van der Waals surface area (Å²) in [6.45, 7) is -3.44. The Bertz CT molecular complexity index is 297. The molecule has 0 atom stereocenters.